The van der Waals surface area contributed by atoms with Gasteiger partial charge in [-0.1, -0.05) is 23.7 Å². The molecule has 1 amide bonds. The highest BCUT2D eigenvalue weighted by molar-refractivity contribution is 6.30. The fraction of sp³-hybridized carbons (Fsp3) is 0.0667. The minimum absolute atomic E-state index is 0.420. The fourth-order valence-electron chi connectivity index (χ4n) is 1.98. The van der Waals surface area contributed by atoms with Crippen molar-refractivity contribution >= 4 is 28.6 Å². The quantitative estimate of drug-likeness (QED) is 0.804. The largest absolute Gasteiger partial charge is 0.440 e. The van der Waals surface area contributed by atoms with Gasteiger partial charge in [-0.05, 0) is 35.9 Å². The molecule has 0 aliphatic carbocycles. The Morgan fingerprint density at radius 1 is 1.20 bits per heavy atom. The smallest absolute Gasteiger partial charge is 0.248 e. The molecule has 0 bridgehead atoms. The molecule has 2 aromatic carbocycles. The summed E-state index contributed by atoms with van der Waals surface area (Å²) in [4.78, 5) is 15.5. The Labute approximate surface area is 120 Å². The van der Waals surface area contributed by atoms with Gasteiger partial charge in [0.05, 0.1) is 0 Å². The molecule has 0 saturated carbocycles. The number of nitrogens with zero attached hydrogens (tertiary/aromatic N) is 1. The highest BCUT2D eigenvalue weighted by Crippen LogP contribution is 2.20. The van der Waals surface area contributed by atoms with E-state index in [4.69, 9.17) is 21.8 Å². The van der Waals surface area contributed by atoms with Crippen LogP contribution in [-0.2, 0) is 6.42 Å². The van der Waals surface area contributed by atoms with E-state index in [0.29, 0.717) is 34.0 Å². The van der Waals surface area contributed by atoms with Crippen molar-refractivity contribution in [1.82, 2.24) is 4.98 Å². The Kier molecular flexibility index (Phi) is 3.16. The molecule has 0 aliphatic heterocycles. The van der Waals surface area contributed by atoms with Gasteiger partial charge in [-0.2, -0.15) is 0 Å². The van der Waals surface area contributed by atoms with Gasteiger partial charge < -0.3 is 10.2 Å². The molecule has 0 aliphatic rings. The van der Waals surface area contributed by atoms with Crippen LogP contribution in [0.2, 0.25) is 5.02 Å². The van der Waals surface area contributed by atoms with E-state index < -0.39 is 5.91 Å². The van der Waals surface area contributed by atoms with E-state index in [1.165, 1.54) is 0 Å². The molecule has 1 heterocycles. The van der Waals surface area contributed by atoms with E-state index in [9.17, 15) is 4.79 Å². The van der Waals surface area contributed by atoms with Crippen LogP contribution in [0.25, 0.3) is 11.1 Å². The molecule has 0 spiro atoms. The number of carbonyl (C=O) groups excluding carboxylic acids is 1. The van der Waals surface area contributed by atoms with E-state index in [1.54, 1.807) is 18.2 Å². The van der Waals surface area contributed by atoms with Gasteiger partial charge in [-0.25, -0.2) is 4.98 Å². The monoisotopic (exact) mass is 286 g/mol. The first-order valence-electron chi connectivity index (χ1n) is 6.05. The third-order valence-electron chi connectivity index (χ3n) is 2.98. The van der Waals surface area contributed by atoms with Gasteiger partial charge in [-0.3, -0.25) is 4.79 Å². The maximum absolute atomic E-state index is 11.1. The molecule has 2 N–H and O–H groups in total. The normalized spacial score (nSPS) is 10.8. The second-order valence-corrected chi connectivity index (χ2v) is 4.89. The maximum atomic E-state index is 11.1. The van der Waals surface area contributed by atoms with Crippen LogP contribution >= 0.6 is 11.6 Å². The lowest BCUT2D eigenvalue weighted by Gasteiger charge is -1.96. The van der Waals surface area contributed by atoms with Crippen LogP contribution in [0.4, 0.5) is 0 Å². The third-order valence-corrected chi connectivity index (χ3v) is 3.24. The molecule has 3 rings (SSSR count). The van der Waals surface area contributed by atoms with E-state index in [2.05, 4.69) is 4.98 Å². The third kappa shape index (κ3) is 2.51. The van der Waals surface area contributed by atoms with Crippen LogP contribution < -0.4 is 5.73 Å². The number of benzene rings is 2. The topological polar surface area (TPSA) is 69.1 Å². The summed E-state index contributed by atoms with van der Waals surface area (Å²) in [6.45, 7) is 0. The summed E-state index contributed by atoms with van der Waals surface area (Å²) in [6.07, 6.45) is 0.567. The van der Waals surface area contributed by atoms with E-state index >= 15 is 0 Å². The summed E-state index contributed by atoms with van der Waals surface area (Å²) < 4.78 is 5.64. The van der Waals surface area contributed by atoms with Crippen molar-refractivity contribution in [2.45, 2.75) is 6.42 Å². The average Bonchev–Trinajstić information content (AvgIpc) is 2.82. The SMILES string of the molecule is NC(=O)c1ccc2oc(Cc3ccc(Cl)cc3)nc2c1. The second kappa shape index (κ2) is 4.98. The summed E-state index contributed by atoms with van der Waals surface area (Å²) in [5, 5.41) is 0.692. The zero-order valence-electron chi connectivity index (χ0n) is 10.5. The molecule has 20 heavy (non-hydrogen) atoms. The first-order chi connectivity index (χ1) is 9.61. The molecule has 0 fully saturated rings. The predicted octanol–water partition coefficient (Wildman–Crippen LogP) is 3.17. The Morgan fingerprint density at radius 2 is 1.95 bits per heavy atom. The van der Waals surface area contributed by atoms with Crippen molar-refractivity contribution in [1.29, 1.82) is 0 Å². The van der Waals surface area contributed by atoms with Gasteiger partial charge in [0.1, 0.15) is 5.52 Å². The highest BCUT2D eigenvalue weighted by Gasteiger charge is 2.09. The molecule has 5 heteroatoms. The van der Waals surface area contributed by atoms with Gasteiger partial charge in [0.25, 0.3) is 0 Å². The number of primary amides is 1. The Morgan fingerprint density at radius 3 is 2.65 bits per heavy atom. The number of nitrogens with two attached hydrogens (primary N) is 1. The fourth-order valence-corrected chi connectivity index (χ4v) is 2.11. The molecule has 0 saturated heterocycles. The number of carbonyl (C=O) groups is 1. The first-order valence-corrected chi connectivity index (χ1v) is 6.43. The maximum Gasteiger partial charge on any atom is 0.248 e. The molecule has 100 valence electrons. The van der Waals surface area contributed by atoms with Crippen molar-refractivity contribution in [3.05, 3.63) is 64.5 Å². The van der Waals surface area contributed by atoms with Crippen molar-refractivity contribution in [2.75, 3.05) is 0 Å². The Balaban J connectivity index is 1.92. The lowest BCUT2D eigenvalue weighted by atomic mass is 10.1. The predicted molar refractivity (Wildman–Crippen MR) is 76.8 cm³/mol. The molecule has 3 aromatic rings. The second-order valence-electron chi connectivity index (χ2n) is 4.46. The number of amides is 1. The van der Waals surface area contributed by atoms with E-state index in [1.807, 2.05) is 24.3 Å². The minimum atomic E-state index is -0.478. The van der Waals surface area contributed by atoms with Crippen LogP contribution in [-0.4, -0.2) is 10.9 Å². The summed E-state index contributed by atoms with van der Waals surface area (Å²) in [6, 6.07) is 12.5. The van der Waals surface area contributed by atoms with E-state index in [-0.39, 0.29) is 0 Å². The van der Waals surface area contributed by atoms with Gasteiger partial charge in [0.15, 0.2) is 11.5 Å². The number of fused-ring (bicyclic) bond motifs is 1. The first kappa shape index (κ1) is 12.7. The molecular weight excluding hydrogens is 276 g/mol. The summed E-state index contributed by atoms with van der Waals surface area (Å²) in [5.41, 5.74) is 7.98. The molecule has 4 nitrogen and oxygen atoms in total. The highest BCUT2D eigenvalue weighted by atomic mass is 35.5. The number of oxazole rings is 1. The number of hydrogen-bond acceptors (Lipinski definition) is 3. The van der Waals surface area contributed by atoms with Crippen LogP contribution in [0.1, 0.15) is 21.8 Å². The average molecular weight is 287 g/mol. The summed E-state index contributed by atoms with van der Waals surface area (Å²) in [5.74, 6) is 0.109. The van der Waals surface area contributed by atoms with Crippen molar-refractivity contribution in [3.8, 4) is 0 Å². The van der Waals surface area contributed by atoms with Crippen LogP contribution in [0, 0.1) is 0 Å². The van der Waals surface area contributed by atoms with Gasteiger partial charge in [-0.15, -0.1) is 0 Å². The Bertz CT molecular complexity index is 778. The van der Waals surface area contributed by atoms with Crippen molar-refractivity contribution < 1.29 is 9.21 Å². The molecule has 0 unspecified atom stereocenters. The van der Waals surface area contributed by atoms with Crippen molar-refractivity contribution in [3.63, 3.8) is 0 Å². The van der Waals surface area contributed by atoms with Gasteiger partial charge >= 0.3 is 0 Å². The number of hydrogen-bond donors (Lipinski definition) is 1. The Hall–Kier alpha value is -2.33. The lowest BCUT2D eigenvalue weighted by molar-refractivity contribution is 0.100. The minimum Gasteiger partial charge on any atom is -0.440 e. The number of aromatic nitrogens is 1. The summed E-state index contributed by atoms with van der Waals surface area (Å²) >= 11 is 5.84. The van der Waals surface area contributed by atoms with Crippen LogP contribution in [0.15, 0.2) is 46.9 Å². The summed E-state index contributed by atoms with van der Waals surface area (Å²) in [7, 11) is 0. The van der Waals surface area contributed by atoms with Crippen LogP contribution in [0.3, 0.4) is 0 Å². The number of halogens is 1. The molecule has 0 radical (unpaired) electrons. The molecule has 1 aromatic heterocycles. The van der Waals surface area contributed by atoms with Gasteiger partial charge in [0.2, 0.25) is 5.91 Å². The zero-order valence-corrected chi connectivity index (χ0v) is 11.2. The molecule has 0 atom stereocenters. The van der Waals surface area contributed by atoms with Crippen LogP contribution in [0.5, 0.6) is 0 Å². The van der Waals surface area contributed by atoms with Crippen molar-refractivity contribution in [2.24, 2.45) is 5.73 Å². The zero-order chi connectivity index (χ0) is 14.1. The van der Waals surface area contributed by atoms with Gasteiger partial charge in [0, 0.05) is 17.0 Å². The van der Waals surface area contributed by atoms with E-state index in [0.717, 1.165) is 5.56 Å². The lowest BCUT2D eigenvalue weighted by Crippen LogP contribution is -2.10. The number of rotatable bonds is 3. The standard InChI is InChI=1S/C15H11ClN2O2/c16-11-4-1-9(2-5-11)7-14-18-12-8-10(15(17)19)3-6-13(12)20-14/h1-6,8H,7H2,(H2,17,19). The molecular formula is C15H11ClN2O2.